The number of carbonyl (C=O) groups excluding carboxylic acids is 2. The van der Waals surface area contributed by atoms with Crippen LogP contribution in [0.3, 0.4) is 0 Å². The van der Waals surface area contributed by atoms with Crippen molar-refractivity contribution in [2.75, 3.05) is 13.2 Å². The van der Waals surface area contributed by atoms with Crippen LogP contribution in [0.15, 0.2) is 18.2 Å². The molecule has 0 aliphatic carbocycles. The lowest BCUT2D eigenvalue weighted by Crippen LogP contribution is -2.30. The van der Waals surface area contributed by atoms with E-state index in [4.69, 9.17) is 5.11 Å². The van der Waals surface area contributed by atoms with Crippen LogP contribution in [0, 0.1) is 17.7 Å². The molecule has 2 rings (SSSR count). The normalized spacial score (nSPS) is 14.0. The van der Waals surface area contributed by atoms with Crippen molar-refractivity contribution in [1.82, 2.24) is 10.2 Å². The Kier molecular flexibility index (Phi) is 4.33. The van der Waals surface area contributed by atoms with Gasteiger partial charge in [0.1, 0.15) is 5.82 Å². The highest BCUT2D eigenvalue weighted by molar-refractivity contribution is 6.01. The lowest BCUT2D eigenvalue weighted by molar-refractivity contribution is -0.125. The molecule has 1 aromatic rings. The molecule has 6 heteroatoms. The predicted molar refractivity (Wildman–Crippen MR) is 68.9 cm³/mol. The van der Waals surface area contributed by atoms with Crippen molar-refractivity contribution < 1.29 is 19.1 Å². The zero-order chi connectivity index (χ0) is 14.5. The number of nitrogens with zero attached hydrogens (tertiary/aromatic N) is 1. The molecule has 1 aliphatic heterocycles. The third-order valence-corrected chi connectivity index (χ3v) is 2.79. The van der Waals surface area contributed by atoms with E-state index in [9.17, 15) is 14.0 Å². The molecule has 0 aromatic heterocycles. The van der Waals surface area contributed by atoms with Gasteiger partial charge < -0.3 is 10.4 Å². The lowest BCUT2D eigenvalue weighted by atomic mass is 10.1. The van der Waals surface area contributed by atoms with Crippen LogP contribution < -0.4 is 5.32 Å². The van der Waals surface area contributed by atoms with Gasteiger partial charge >= 0.3 is 6.03 Å². The molecular weight excluding hydrogens is 263 g/mol. The number of carbonyl (C=O) groups is 2. The first-order valence-electron chi connectivity index (χ1n) is 6.08. The topological polar surface area (TPSA) is 69.6 Å². The number of hydrogen-bond donors (Lipinski definition) is 2. The van der Waals surface area contributed by atoms with Gasteiger partial charge in [-0.15, -0.1) is 0 Å². The van der Waals surface area contributed by atoms with Crippen molar-refractivity contribution in [2.45, 2.75) is 13.0 Å². The largest absolute Gasteiger partial charge is 0.395 e. The second-order valence-corrected chi connectivity index (χ2v) is 4.22. The number of rotatable bonds is 3. The van der Waals surface area contributed by atoms with E-state index in [1.807, 2.05) is 0 Å². The molecule has 1 saturated heterocycles. The Labute approximate surface area is 115 Å². The molecular formula is C14H13FN2O3. The molecule has 0 saturated carbocycles. The minimum atomic E-state index is -0.520. The molecule has 104 valence electrons. The minimum absolute atomic E-state index is 0.0419. The Hall–Kier alpha value is -2.39. The quantitative estimate of drug-likeness (QED) is 0.628. The number of benzene rings is 1. The number of halogens is 1. The van der Waals surface area contributed by atoms with E-state index in [0.29, 0.717) is 12.0 Å². The van der Waals surface area contributed by atoms with E-state index in [1.165, 1.54) is 12.1 Å². The maximum atomic E-state index is 13.9. The maximum absolute atomic E-state index is 13.9. The predicted octanol–water partition coefficient (Wildman–Crippen LogP) is 0.611. The molecule has 3 amide bonds. The van der Waals surface area contributed by atoms with Crippen molar-refractivity contribution in [1.29, 1.82) is 0 Å². The first-order valence-corrected chi connectivity index (χ1v) is 6.08. The van der Waals surface area contributed by atoms with Gasteiger partial charge in [0.15, 0.2) is 0 Å². The number of imide groups is 1. The number of hydrogen-bond acceptors (Lipinski definition) is 3. The molecule has 0 bridgehead atoms. The van der Waals surface area contributed by atoms with Crippen LogP contribution in [0.5, 0.6) is 0 Å². The molecule has 1 heterocycles. The Balaban J connectivity index is 2.12. The number of aliphatic hydroxyl groups is 1. The molecule has 0 radical (unpaired) electrons. The van der Waals surface area contributed by atoms with Gasteiger partial charge in [-0.25, -0.2) is 9.18 Å². The summed E-state index contributed by atoms with van der Waals surface area (Å²) >= 11 is 0. The van der Waals surface area contributed by atoms with Gasteiger partial charge in [-0.1, -0.05) is 17.9 Å². The van der Waals surface area contributed by atoms with Crippen LogP contribution in [0.25, 0.3) is 0 Å². The van der Waals surface area contributed by atoms with E-state index in [1.54, 1.807) is 6.07 Å². The summed E-state index contributed by atoms with van der Waals surface area (Å²) in [5, 5.41) is 11.0. The number of amides is 3. The standard InChI is InChI=1S/C14H13FN2O3/c15-12-7-10(3-1-2-6-18)4-5-11(12)9-17-13(19)8-16-14(17)20/h4-5,7,18H,2,6,8-9H2,(H,16,20). The van der Waals surface area contributed by atoms with Gasteiger partial charge in [-0.05, 0) is 12.1 Å². The Bertz CT molecular complexity index is 588. The average Bonchev–Trinajstić information content (AvgIpc) is 2.73. The van der Waals surface area contributed by atoms with E-state index in [-0.39, 0.29) is 31.2 Å². The van der Waals surface area contributed by atoms with Gasteiger partial charge in [-0.2, -0.15) is 0 Å². The van der Waals surface area contributed by atoms with Gasteiger partial charge in [0.05, 0.1) is 19.7 Å². The molecule has 5 nitrogen and oxygen atoms in total. The highest BCUT2D eigenvalue weighted by Crippen LogP contribution is 2.14. The molecule has 1 fully saturated rings. The number of urea groups is 1. The van der Waals surface area contributed by atoms with Crippen molar-refractivity contribution in [3.8, 4) is 11.8 Å². The zero-order valence-electron chi connectivity index (χ0n) is 10.6. The van der Waals surface area contributed by atoms with Gasteiger partial charge in [0.2, 0.25) is 5.91 Å². The Morgan fingerprint density at radius 1 is 1.40 bits per heavy atom. The van der Waals surface area contributed by atoms with Crippen molar-refractivity contribution in [2.24, 2.45) is 0 Å². The summed E-state index contributed by atoms with van der Waals surface area (Å²) in [7, 11) is 0. The fraction of sp³-hybridized carbons (Fsp3) is 0.286. The molecule has 1 aliphatic rings. The van der Waals surface area contributed by atoms with Gasteiger partial charge in [-0.3, -0.25) is 9.69 Å². The second-order valence-electron chi connectivity index (χ2n) is 4.22. The summed E-state index contributed by atoms with van der Waals surface area (Å²) in [6.07, 6.45) is 0.325. The van der Waals surface area contributed by atoms with Crippen LogP contribution in [0.1, 0.15) is 17.5 Å². The van der Waals surface area contributed by atoms with Crippen molar-refractivity contribution in [3.63, 3.8) is 0 Å². The minimum Gasteiger partial charge on any atom is -0.395 e. The highest BCUT2D eigenvalue weighted by atomic mass is 19.1. The van der Waals surface area contributed by atoms with E-state index in [2.05, 4.69) is 17.2 Å². The van der Waals surface area contributed by atoms with Gasteiger partial charge in [0.25, 0.3) is 0 Å². The monoisotopic (exact) mass is 276 g/mol. The summed E-state index contributed by atoms with van der Waals surface area (Å²) in [6, 6.07) is 3.84. The van der Waals surface area contributed by atoms with Crippen LogP contribution >= 0.6 is 0 Å². The fourth-order valence-electron chi connectivity index (χ4n) is 1.76. The maximum Gasteiger partial charge on any atom is 0.324 e. The third-order valence-electron chi connectivity index (χ3n) is 2.79. The SMILES string of the molecule is O=C1CNC(=O)N1Cc1ccc(C#CCCO)cc1F. The van der Waals surface area contributed by atoms with Crippen molar-refractivity contribution in [3.05, 3.63) is 35.1 Å². The highest BCUT2D eigenvalue weighted by Gasteiger charge is 2.28. The third kappa shape index (κ3) is 3.13. The molecule has 0 atom stereocenters. The van der Waals surface area contributed by atoms with E-state index in [0.717, 1.165) is 4.90 Å². The molecule has 0 spiro atoms. The Morgan fingerprint density at radius 2 is 2.20 bits per heavy atom. The summed E-state index contributed by atoms with van der Waals surface area (Å²) in [4.78, 5) is 23.8. The zero-order valence-corrected chi connectivity index (χ0v) is 10.6. The van der Waals surface area contributed by atoms with E-state index < -0.39 is 11.8 Å². The van der Waals surface area contributed by atoms with Crippen LogP contribution in [0.2, 0.25) is 0 Å². The Morgan fingerprint density at radius 3 is 2.80 bits per heavy atom. The first-order chi connectivity index (χ1) is 9.61. The van der Waals surface area contributed by atoms with Crippen LogP contribution in [0.4, 0.5) is 9.18 Å². The lowest BCUT2D eigenvalue weighted by Gasteiger charge is -2.12. The van der Waals surface area contributed by atoms with Crippen LogP contribution in [-0.2, 0) is 11.3 Å². The van der Waals surface area contributed by atoms with Crippen LogP contribution in [-0.4, -0.2) is 35.1 Å². The number of nitrogens with one attached hydrogen (secondary N) is 1. The summed E-state index contributed by atoms with van der Waals surface area (Å²) < 4.78 is 13.9. The molecule has 2 N–H and O–H groups in total. The molecule has 1 aromatic carbocycles. The first kappa shape index (κ1) is 14.0. The summed E-state index contributed by atoms with van der Waals surface area (Å²) in [5.41, 5.74) is 0.736. The molecule has 20 heavy (non-hydrogen) atoms. The molecule has 0 unspecified atom stereocenters. The van der Waals surface area contributed by atoms with Gasteiger partial charge in [0, 0.05) is 17.5 Å². The second kappa shape index (κ2) is 6.17. The smallest absolute Gasteiger partial charge is 0.324 e. The van der Waals surface area contributed by atoms with Crippen molar-refractivity contribution >= 4 is 11.9 Å². The number of aliphatic hydroxyl groups excluding tert-OH is 1. The summed E-state index contributed by atoms with van der Waals surface area (Å²) in [5.74, 6) is 4.51. The van der Waals surface area contributed by atoms with E-state index >= 15 is 0 Å². The fourth-order valence-corrected chi connectivity index (χ4v) is 1.76. The summed E-state index contributed by atoms with van der Waals surface area (Å²) in [6.45, 7) is -0.189. The average molecular weight is 276 g/mol.